The van der Waals surface area contributed by atoms with Crippen LogP contribution < -0.4 is 10.6 Å². The van der Waals surface area contributed by atoms with E-state index in [1.165, 1.54) is 6.42 Å². The maximum absolute atomic E-state index is 12.1. The molecule has 0 aromatic rings. The van der Waals surface area contributed by atoms with E-state index in [1.807, 2.05) is 0 Å². The molecule has 1 fully saturated rings. The molecule has 6 heteroatoms. The molecule has 0 aromatic carbocycles. The molecule has 0 saturated heterocycles. The number of rotatable bonds is 4. The molecule has 5 nitrogen and oxygen atoms in total. The molecule has 0 spiro atoms. The number of nitrogens with zero attached hydrogens (tertiary/aromatic N) is 1. The predicted molar refractivity (Wildman–Crippen MR) is 94.0 cm³/mol. The van der Waals surface area contributed by atoms with Gasteiger partial charge in [-0.1, -0.05) is 13.8 Å². The van der Waals surface area contributed by atoms with Gasteiger partial charge >= 0.3 is 0 Å². The summed E-state index contributed by atoms with van der Waals surface area (Å²) in [6, 6.07) is 0.421. The van der Waals surface area contributed by atoms with E-state index in [0.29, 0.717) is 18.5 Å². The van der Waals surface area contributed by atoms with Crippen LogP contribution in [0.25, 0.3) is 0 Å². The Morgan fingerprint density at radius 1 is 1.14 bits per heavy atom. The van der Waals surface area contributed by atoms with Crippen molar-refractivity contribution in [2.24, 2.45) is 16.8 Å². The largest absolute Gasteiger partial charge is 0.355 e. The highest BCUT2D eigenvalue weighted by atomic mass is 32.2. The summed E-state index contributed by atoms with van der Waals surface area (Å²) in [5.74, 6) is 2.27. The molecule has 0 radical (unpaired) electrons. The number of nitrogens with one attached hydrogen (secondary N) is 2. The highest BCUT2D eigenvalue weighted by molar-refractivity contribution is 7.92. The Bertz CT molecular complexity index is 470. The van der Waals surface area contributed by atoms with Crippen LogP contribution in [0.5, 0.6) is 0 Å². The van der Waals surface area contributed by atoms with Crippen molar-refractivity contribution >= 4 is 15.8 Å². The molecule has 1 saturated carbocycles. The first-order valence-electron chi connectivity index (χ1n) is 8.24. The smallest absolute Gasteiger partial charge is 0.191 e. The molecule has 2 unspecified atom stereocenters. The molecule has 130 valence electrons. The molecule has 0 aromatic heterocycles. The average molecular weight is 332 g/mol. The van der Waals surface area contributed by atoms with Crippen LogP contribution in [-0.4, -0.2) is 44.5 Å². The van der Waals surface area contributed by atoms with Crippen LogP contribution in [0.2, 0.25) is 0 Å². The minimum atomic E-state index is -3.10. The molecule has 22 heavy (non-hydrogen) atoms. The predicted octanol–water partition coefficient (Wildman–Crippen LogP) is 2.19. The van der Waals surface area contributed by atoms with Crippen molar-refractivity contribution in [3.63, 3.8) is 0 Å². The fraction of sp³-hybridized carbons (Fsp3) is 0.938. The van der Waals surface area contributed by atoms with Crippen LogP contribution in [0, 0.1) is 11.8 Å². The SMILES string of the molecule is CN=C(NCCS(=O)(=O)C(C)(C)C)NC1CC(C)CC(C)C1. The van der Waals surface area contributed by atoms with Gasteiger partial charge in [-0.25, -0.2) is 8.42 Å². The molecule has 2 atom stereocenters. The van der Waals surface area contributed by atoms with Crippen LogP contribution in [0.4, 0.5) is 0 Å². The summed E-state index contributed by atoms with van der Waals surface area (Å²) in [6.07, 6.45) is 3.57. The van der Waals surface area contributed by atoms with E-state index >= 15 is 0 Å². The molecule has 0 aliphatic heterocycles. The van der Waals surface area contributed by atoms with Gasteiger partial charge in [-0.05, 0) is 51.9 Å². The van der Waals surface area contributed by atoms with E-state index in [9.17, 15) is 8.42 Å². The summed E-state index contributed by atoms with van der Waals surface area (Å²) in [7, 11) is -1.37. The average Bonchev–Trinajstić information content (AvgIpc) is 2.34. The third kappa shape index (κ3) is 5.78. The maximum atomic E-state index is 12.1. The highest BCUT2D eigenvalue weighted by Crippen LogP contribution is 2.28. The zero-order valence-corrected chi connectivity index (χ0v) is 15.8. The zero-order valence-electron chi connectivity index (χ0n) is 14.9. The first-order valence-corrected chi connectivity index (χ1v) is 9.90. The first-order chi connectivity index (χ1) is 10.0. The van der Waals surface area contributed by atoms with Crippen molar-refractivity contribution in [1.29, 1.82) is 0 Å². The van der Waals surface area contributed by atoms with Gasteiger partial charge in [0.1, 0.15) is 0 Å². The lowest BCUT2D eigenvalue weighted by Gasteiger charge is -2.33. The molecule has 0 amide bonds. The van der Waals surface area contributed by atoms with Crippen LogP contribution in [-0.2, 0) is 9.84 Å². The van der Waals surface area contributed by atoms with E-state index in [1.54, 1.807) is 27.8 Å². The van der Waals surface area contributed by atoms with Crippen LogP contribution >= 0.6 is 0 Å². The fourth-order valence-electron chi connectivity index (χ4n) is 3.06. The third-order valence-electron chi connectivity index (χ3n) is 4.34. The van der Waals surface area contributed by atoms with E-state index in [4.69, 9.17) is 0 Å². The van der Waals surface area contributed by atoms with E-state index in [0.717, 1.165) is 24.7 Å². The first kappa shape index (κ1) is 19.3. The van der Waals surface area contributed by atoms with Crippen LogP contribution in [0.1, 0.15) is 53.9 Å². The number of guanidine groups is 1. The summed E-state index contributed by atoms with van der Waals surface area (Å²) in [5.41, 5.74) is 0. The van der Waals surface area contributed by atoms with E-state index < -0.39 is 14.6 Å². The molecule has 0 heterocycles. The van der Waals surface area contributed by atoms with E-state index in [2.05, 4.69) is 29.5 Å². The summed E-state index contributed by atoms with van der Waals surface area (Å²) >= 11 is 0. The minimum Gasteiger partial charge on any atom is -0.355 e. The van der Waals surface area contributed by atoms with Gasteiger partial charge in [-0.2, -0.15) is 0 Å². The Kier molecular flexibility index (Phi) is 6.71. The molecule has 1 aliphatic rings. The Morgan fingerprint density at radius 3 is 2.14 bits per heavy atom. The lowest BCUT2D eigenvalue weighted by Crippen LogP contribution is -2.47. The van der Waals surface area contributed by atoms with Gasteiger partial charge in [0, 0.05) is 19.6 Å². The molecule has 2 N–H and O–H groups in total. The van der Waals surface area contributed by atoms with Gasteiger partial charge in [-0.3, -0.25) is 4.99 Å². The normalized spacial score (nSPS) is 27.5. The lowest BCUT2D eigenvalue weighted by molar-refractivity contribution is 0.255. The maximum Gasteiger partial charge on any atom is 0.191 e. The minimum absolute atomic E-state index is 0.120. The summed E-state index contributed by atoms with van der Waals surface area (Å²) in [6.45, 7) is 10.2. The third-order valence-corrected chi connectivity index (χ3v) is 6.95. The van der Waals surface area contributed by atoms with E-state index in [-0.39, 0.29) is 5.75 Å². The quantitative estimate of drug-likeness (QED) is 0.612. The van der Waals surface area contributed by atoms with Crippen LogP contribution in [0.15, 0.2) is 4.99 Å². The molecule has 1 aliphatic carbocycles. The van der Waals surface area contributed by atoms with Gasteiger partial charge in [0.15, 0.2) is 15.8 Å². The van der Waals surface area contributed by atoms with Gasteiger partial charge < -0.3 is 10.6 Å². The lowest BCUT2D eigenvalue weighted by atomic mass is 9.80. The van der Waals surface area contributed by atoms with Crippen molar-refractivity contribution in [2.75, 3.05) is 19.3 Å². The van der Waals surface area contributed by atoms with Gasteiger partial charge in [0.05, 0.1) is 10.5 Å². The summed E-state index contributed by atoms with van der Waals surface area (Å²) in [4.78, 5) is 4.21. The standard InChI is InChI=1S/C16H33N3O2S/c1-12-9-13(2)11-14(10-12)19-15(17-6)18-7-8-22(20,21)16(3,4)5/h12-14H,7-11H2,1-6H3,(H2,17,18,19). The number of hydrogen-bond donors (Lipinski definition) is 2. The van der Waals surface area contributed by atoms with Crippen molar-refractivity contribution in [1.82, 2.24) is 10.6 Å². The molecular weight excluding hydrogens is 298 g/mol. The zero-order chi connectivity index (χ0) is 17.0. The topological polar surface area (TPSA) is 70.6 Å². The van der Waals surface area contributed by atoms with Crippen molar-refractivity contribution in [2.45, 2.75) is 64.7 Å². The van der Waals surface area contributed by atoms with Crippen molar-refractivity contribution < 1.29 is 8.42 Å². The van der Waals surface area contributed by atoms with Crippen molar-refractivity contribution in [3.8, 4) is 0 Å². The second kappa shape index (κ2) is 7.66. The number of hydrogen-bond acceptors (Lipinski definition) is 3. The number of sulfone groups is 1. The van der Waals surface area contributed by atoms with Gasteiger partial charge in [-0.15, -0.1) is 0 Å². The molecule has 1 rings (SSSR count). The van der Waals surface area contributed by atoms with Gasteiger partial charge in [0.25, 0.3) is 0 Å². The Balaban J connectivity index is 2.47. The monoisotopic (exact) mass is 331 g/mol. The Labute approximate surface area is 136 Å². The second-order valence-electron chi connectivity index (χ2n) is 7.69. The molecular formula is C16H33N3O2S. The van der Waals surface area contributed by atoms with Crippen molar-refractivity contribution in [3.05, 3.63) is 0 Å². The number of aliphatic imine (C=N–C) groups is 1. The van der Waals surface area contributed by atoms with Crippen LogP contribution in [0.3, 0.4) is 0 Å². The Hall–Kier alpha value is -0.780. The molecule has 0 bridgehead atoms. The fourth-order valence-corrected chi connectivity index (χ4v) is 4.05. The second-order valence-corrected chi connectivity index (χ2v) is 10.6. The summed E-state index contributed by atoms with van der Waals surface area (Å²) in [5, 5.41) is 6.57. The Morgan fingerprint density at radius 2 is 1.68 bits per heavy atom. The highest BCUT2D eigenvalue weighted by Gasteiger charge is 2.28. The van der Waals surface area contributed by atoms with Gasteiger partial charge in [0.2, 0.25) is 0 Å². The summed E-state index contributed by atoms with van der Waals surface area (Å²) < 4.78 is 23.5.